The lowest BCUT2D eigenvalue weighted by molar-refractivity contribution is -0.118. The van der Waals surface area contributed by atoms with Crippen LogP contribution in [0.2, 0.25) is 0 Å². The molecule has 0 aromatic heterocycles. The van der Waals surface area contributed by atoms with Crippen molar-refractivity contribution < 1.29 is 9.90 Å². The van der Waals surface area contributed by atoms with Crippen molar-refractivity contribution in [2.45, 2.75) is 51.7 Å². The first-order valence-corrected chi connectivity index (χ1v) is 5.64. The molecular weight excluding hydrogens is 192 g/mol. The highest BCUT2D eigenvalue weighted by Gasteiger charge is 2.46. The summed E-state index contributed by atoms with van der Waals surface area (Å²) in [5.74, 6) is -0.227. The summed E-state index contributed by atoms with van der Waals surface area (Å²) >= 11 is 0. The minimum Gasteiger partial charge on any atom is -0.392 e. The van der Waals surface area contributed by atoms with Crippen LogP contribution >= 0.6 is 0 Å². The number of hydrogen-bond acceptors (Lipinski definition) is 3. The second-order valence-electron chi connectivity index (χ2n) is 5.00. The zero-order valence-electron chi connectivity index (χ0n) is 9.62. The van der Waals surface area contributed by atoms with Gasteiger partial charge in [0, 0.05) is 17.9 Å². The third kappa shape index (κ3) is 3.18. The van der Waals surface area contributed by atoms with Gasteiger partial charge in [-0.15, -0.1) is 0 Å². The van der Waals surface area contributed by atoms with E-state index in [0.717, 1.165) is 25.8 Å². The molecule has 1 amide bonds. The van der Waals surface area contributed by atoms with Crippen LogP contribution < -0.4 is 11.1 Å². The van der Waals surface area contributed by atoms with E-state index in [4.69, 9.17) is 5.73 Å². The average Bonchev–Trinajstić information content (AvgIpc) is 2.15. The third-order valence-corrected chi connectivity index (χ3v) is 3.46. The molecule has 1 fully saturated rings. The fraction of sp³-hybridized carbons (Fsp3) is 0.909. The number of amides is 1. The maximum atomic E-state index is 10.5. The molecule has 1 aliphatic rings. The highest BCUT2D eigenvalue weighted by molar-refractivity contribution is 5.73. The standard InChI is InChI=1S/C11H22N2O2/c1-11(2)8(7-9(11)14)13-6-4-3-5-10(12)15/h8-9,13-14H,3-7H2,1-2H3,(H2,12,15). The number of unbranched alkanes of at least 4 members (excludes halogenated alkanes) is 1. The van der Waals surface area contributed by atoms with Crippen molar-refractivity contribution in [3.05, 3.63) is 0 Å². The molecule has 0 saturated heterocycles. The number of carbonyl (C=O) groups excluding carboxylic acids is 1. The first-order chi connectivity index (χ1) is 6.94. The second kappa shape index (κ2) is 4.94. The Kier molecular flexibility index (Phi) is 4.11. The Bertz CT molecular complexity index is 229. The maximum Gasteiger partial charge on any atom is 0.217 e. The fourth-order valence-electron chi connectivity index (χ4n) is 1.95. The number of primary amides is 1. The summed E-state index contributed by atoms with van der Waals surface area (Å²) in [6, 6.07) is 0.404. The van der Waals surface area contributed by atoms with E-state index < -0.39 is 0 Å². The van der Waals surface area contributed by atoms with Gasteiger partial charge in [-0.25, -0.2) is 0 Å². The number of aliphatic hydroxyl groups is 1. The molecule has 0 bridgehead atoms. The zero-order chi connectivity index (χ0) is 11.5. The van der Waals surface area contributed by atoms with Crippen LogP contribution in [-0.4, -0.2) is 29.7 Å². The molecule has 1 saturated carbocycles. The Morgan fingerprint density at radius 1 is 1.53 bits per heavy atom. The van der Waals surface area contributed by atoms with Crippen LogP contribution in [-0.2, 0) is 4.79 Å². The number of hydrogen-bond donors (Lipinski definition) is 3. The smallest absolute Gasteiger partial charge is 0.217 e. The monoisotopic (exact) mass is 214 g/mol. The Labute approximate surface area is 91.2 Å². The van der Waals surface area contributed by atoms with E-state index in [2.05, 4.69) is 19.2 Å². The summed E-state index contributed by atoms with van der Waals surface area (Å²) in [4.78, 5) is 10.5. The van der Waals surface area contributed by atoms with Gasteiger partial charge in [-0.1, -0.05) is 13.8 Å². The molecule has 0 radical (unpaired) electrons. The van der Waals surface area contributed by atoms with Crippen molar-refractivity contribution >= 4 is 5.91 Å². The fourth-order valence-corrected chi connectivity index (χ4v) is 1.95. The van der Waals surface area contributed by atoms with E-state index >= 15 is 0 Å². The summed E-state index contributed by atoms with van der Waals surface area (Å²) < 4.78 is 0. The second-order valence-corrected chi connectivity index (χ2v) is 5.00. The molecule has 2 atom stereocenters. The summed E-state index contributed by atoms with van der Waals surface area (Å²) in [7, 11) is 0. The van der Waals surface area contributed by atoms with Crippen LogP contribution in [0.1, 0.15) is 39.5 Å². The first-order valence-electron chi connectivity index (χ1n) is 5.64. The number of carbonyl (C=O) groups is 1. The van der Waals surface area contributed by atoms with Crippen LogP contribution in [0, 0.1) is 5.41 Å². The van der Waals surface area contributed by atoms with E-state index in [-0.39, 0.29) is 17.4 Å². The largest absolute Gasteiger partial charge is 0.392 e. The molecule has 0 aromatic carbocycles. The highest BCUT2D eigenvalue weighted by Crippen LogP contribution is 2.40. The van der Waals surface area contributed by atoms with Gasteiger partial charge >= 0.3 is 0 Å². The van der Waals surface area contributed by atoms with Crippen LogP contribution in [0.5, 0.6) is 0 Å². The minimum atomic E-state index is -0.227. The normalized spacial score (nSPS) is 28.5. The molecule has 4 nitrogen and oxygen atoms in total. The average molecular weight is 214 g/mol. The molecule has 2 unspecified atom stereocenters. The van der Waals surface area contributed by atoms with Crippen molar-refractivity contribution in [1.29, 1.82) is 0 Å². The first kappa shape index (κ1) is 12.5. The predicted molar refractivity (Wildman–Crippen MR) is 59.2 cm³/mol. The molecule has 0 spiro atoms. The van der Waals surface area contributed by atoms with Gasteiger partial charge in [0.05, 0.1) is 6.10 Å². The number of nitrogens with two attached hydrogens (primary N) is 1. The highest BCUT2D eigenvalue weighted by atomic mass is 16.3. The SMILES string of the molecule is CC1(C)C(O)CC1NCCCCC(N)=O. The number of nitrogens with one attached hydrogen (secondary N) is 1. The molecule has 88 valence electrons. The lowest BCUT2D eigenvalue weighted by atomic mass is 9.64. The van der Waals surface area contributed by atoms with Crippen LogP contribution in [0.4, 0.5) is 0 Å². The predicted octanol–water partition coefficient (Wildman–Crippen LogP) is 0.391. The van der Waals surface area contributed by atoms with E-state index in [1.165, 1.54) is 0 Å². The molecule has 4 N–H and O–H groups in total. The topological polar surface area (TPSA) is 75.3 Å². The Hall–Kier alpha value is -0.610. The van der Waals surface area contributed by atoms with E-state index in [9.17, 15) is 9.90 Å². The van der Waals surface area contributed by atoms with Gasteiger partial charge in [0.15, 0.2) is 0 Å². The molecule has 0 aromatic rings. The Morgan fingerprint density at radius 2 is 2.20 bits per heavy atom. The van der Waals surface area contributed by atoms with Crippen molar-refractivity contribution in [3.63, 3.8) is 0 Å². The summed E-state index contributed by atoms with van der Waals surface area (Å²) in [5.41, 5.74) is 5.03. The Balaban J connectivity index is 2.04. The van der Waals surface area contributed by atoms with Gasteiger partial charge in [0.2, 0.25) is 5.91 Å². The van der Waals surface area contributed by atoms with Crippen LogP contribution in [0.15, 0.2) is 0 Å². The van der Waals surface area contributed by atoms with E-state index in [1.807, 2.05) is 0 Å². The molecule has 1 aliphatic carbocycles. The van der Waals surface area contributed by atoms with Crippen molar-refractivity contribution in [2.24, 2.45) is 11.1 Å². The number of rotatable bonds is 6. The maximum absolute atomic E-state index is 10.5. The van der Waals surface area contributed by atoms with Crippen LogP contribution in [0.3, 0.4) is 0 Å². The minimum absolute atomic E-state index is 0.0102. The Morgan fingerprint density at radius 3 is 2.67 bits per heavy atom. The van der Waals surface area contributed by atoms with Crippen LogP contribution in [0.25, 0.3) is 0 Å². The molecule has 0 heterocycles. The van der Waals surface area contributed by atoms with E-state index in [0.29, 0.717) is 12.5 Å². The van der Waals surface area contributed by atoms with Gasteiger partial charge in [-0.2, -0.15) is 0 Å². The van der Waals surface area contributed by atoms with Crippen molar-refractivity contribution in [1.82, 2.24) is 5.32 Å². The van der Waals surface area contributed by atoms with Gasteiger partial charge in [-0.3, -0.25) is 4.79 Å². The number of aliphatic hydroxyl groups excluding tert-OH is 1. The molecule has 15 heavy (non-hydrogen) atoms. The van der Waals surface area contributed by atoms with Gasteiger partial charge in [-0.05, 0) is 25.8 Å². The summed E-state index contributed by atoms with van der Waals surface area (Å²) in [5, 5.41) is 12.9. The molecule has 1 rings (SSSR count). The zero-order valence-corrected chi connectivity index (χ0v) is 9.62. The van der Waals surface area contributed by atoms with Crippen molar-refractivity contribution in [3.8, 4) is 0 Å². The third-order valence-electron chi connectivity index (χ3n) is 3.46. The summed E-state index contributed by atoms with van der Waals surface area (Å²) in [6.07, 6.45) is 2.94. The van der Waals surface area contributed by atoms with Gasteiger partial charge in [0.1, 0.15) is 0 Å². The quantitative estimate of drug-likeness (QED) is 0.560. The molecule has 4 heteroatoms. The van der Waals surface area contributed by atoms with E-state index in [1.54, 1.807) is 0 Å². The van der Waals surface area contributed by atoms with Crippen molar-refractivity contribution in [2.75, 3.05) is 6.54 Å². The molecule has 0 aliphatic heterocycles. The van der Waals surface area contributed by atoms with Gasteiger partial charge in [0.25, 0.3) is 0 Å². The van der Waals surface area contributed by atoms with Gasteiger partial charge < -0.3 is 16.2 Å². The lowest BCUT2D eigenvalue weighted by Crippen LogP contribution is -2.60. The molecular formula is C11H22N2O2. The lowest BCUT2D eigenvalue weighted by Gasteiger charge is -2.49. The summed E-state index contributed by atoms with van der Waals surface area (Å²) in [6.45, 7) is 5.04.